The Labute approximate surface area is 170 Å². The summed E-state index contributed by atoms with van der Waals surface area (Å²) < 4.78 is 30.3. The molecule has 1 aliphatic rings. The minimum absolute atomic E-state index is 0.0585. The van der Waals surface area contributed by atoms with Crippen molar-refractivity contribution in [3.63, 3.8) is 0 Å². The SMILES string of the molecule is C=C(C)COc1c(Br)cc(/C=C2\N=C(c3cccc(F)c3)OC2=O)cc1OC. The second-order valence-electron chi connectivity index (χ2n) is 6.13. The number of ether oxygens (including phenoxy) is 3. The fourth-order valence-electron chi connectivity index (χ4n) is 2.47. The van der Waals surface area contributed by atoms with Crippen LogP contribution in [0, 0.1) is 5.82 Å². The van der Waals surface area contributed by atoms with Gasteiger partial charge in [-0.3, -0.25) is 0 Å². The third-order valence-electron chi connectivity index (χ3n) is 3.71. The highest BCUT2D eigenvalue weighted by molar-refractivity contribution is 9.10. The van der Waals surface area contributed by atoms with Gasteiger partial charge < -0.3 is 14.2 Å². The van der Waals surface area contributed by atoms with Crippen LogP contribution < -0.4 is 9.47 Å². The third-order valence-corrected chi connectivity index (χ3v) is 4.30. The zero-order valence-corrected chi connectivity index (χ0v) is 16.9. The first kappa shape index (κ1) is 19.8. The van der Waals surface area contributed by atoms with Crippen molar-refractivity contribution in [1.29, 1.82) is 0 Å². The topological polar surface area (TPSA) is 57.1 Å². The van der Waals surface area contributed by atoms with Crippen molar-refractivity contribution in [2.45, 2.75) is 6.92 Å². The number of halogens is 2. The molecule has 3 rings (SSSR count). The Kier molecular flexibility index (Phi) is 5.94. The van der Waals surface area contributed by atoms with Crippen LogP contribution in [0.3, 0.4) is 0 Å². The van der Waals surface area contributed by atoms with Gasteiger partial charge in [-0.1, -0.05) is 12.6 Å². The monoisotopic (exact) mass is 445 g/mol. The number of nitrogens with zero attached hydrogens (tertiary/aromatic N) is 1. The normalized spacial score (nSPS) is 14.6. The van der Waals surface area contributed by atoms with E-state index < -0.39 is 11.8 Å². The highest BCUT2D eigenvalue weighted by atomic mass is 79.9. The molecule has 144 valence electrons. The van der Waals surface area contributed by atoms with Crippen LogP contribution >= 0.6 is 15.9 Å². The fraction of sp³-hybridized carbons (Fsp3) is 0.143. The van der Waals surface area contributed by atoms with Gasteiger partial charge in [0.05, 0.1) is 11.6 Å². The molecule has 1 heterocycles. The Bertz CT molecular complexity index is 1010. The van der Waals surface area contributed by atoms with Crippen molar-refractivity contribution in [3.05, 3.63) is 75.7 Å². The van der Waals surface area contributed by atoms with Crippen LogP contribution in [0.4, 0.5) is 4.39 Å². The number of cyclic esters (lactones) is 1. The second-order valence-corrected chi connectivity index (χ2v) is 6.98. The molecule has 1 aliphatic heterocycles. The Morgan fingerprint density at radius 2 is 2.14 bits per heavy atom. The number of aliphatic imine (C=N–C) groups is 1. The first-order valence-corrected chi connectivity index (χ1v) is 9.10. The number of hydrogen-bond acceptors (Lipinski definition) is 5. The van der Waals surface area contributed by atoms with E-state index in [2.05, 4.69) is 27.5 Å². The highest BCUT2D eigenvalue weighted by Gasteiger charge is 2.24. The Morgan fingerprint density at radius 3 is 2.82 bits per heavy atom. The van der Waals surface area contributed by atoms with Gasteiger partial charge in [-0.15, -0.1) is 0 Å². The molecule has 7 heteroatoms. The minimum Gasteiger partial charge on any atom is -0.493 e. The number of hydrogen-bond donors (Lipinski definition) is 0. The number of carbonyl (C=O) groups excluding carboxylic acids is 1. The van der Waals surface area contributed by atoms with Gasteiger partial charge in [0.15, 0.2) is 17.2 Å². The van der Waals surface area contributed by atoms with Crippen LogP contribution in [0.2, 0.25) is 0 Å². The maximum absolute atomic E-state index is 13.4. The van der Waals surface area contributed by atoms with Crippen LogP contribution in [0.1, 0.15) is 18.1 Å². The van der Waals surface area contributed by atoms with Gasteiger partial charge in [-0.2, -0.15) is 0 Å². The van der Waals surface area contributed by atoms with E-state index in [0.29, 0.717) is 33.7 Å². The zero-order valence-electron chi connectivity index (χ0n) is 15.3. The molecule has 0 aromatic heterocycles. The van der Waals surface area contributed by atoms with Crippen molar-refractivity contribution in [2.24, 2.45) is 4.99 Å². The lowest BCUT2D eigenvalue weighted by Crippen LogP contribution is -2.05. The molecule has 0 amide bonds. The van der Waals surface area contributed by atoms with Gasteiger partial charge in [0.2, 0.25) is 5.90 Å². The molecule has 0 N–H and O–H groups in total. The lowest BCUT2D eigenvalue weighted by Gasteiger charge is -2.13. The Morgan fingerprint density at radius 1 is 1.36 bits per heavy atom. The smallest absolute Gasteiger partial charge is 0.363 e. The number of methoxy groups -OCH3 is 1. The van der Waals surface area contributed by atoms with Gasteiger partial charge in [-0.05, 0) is 70.4 Å². The summed E-state index contributed by atoms with van der Waals surface area (Å²) >= 11 is 3.45. The van der Waals surface area contributed by atoms with Crippen molar-refractivity contribution >= 4 is 33.9 Å². The Hall–Kier alpha value is -2.93. The van der Waals surface area contributed by atoms with Crippen molar-refractivity contribution in [2.75, 3.05) is 13.7 Å². The molecule has 5 nitrogen and oxygen atoms in total. The summed E-state index contributed by atoms with van der Waals surface area (Å²) in [5.41, 5.74) is 2.01. The Balaban J connectivity index is 1.93. The van der Waals surface area contributed by atoms with Crippen molar-refractivity contribution in [1.82, 2.24) is 0 Å². The third kappa shape index (κ3) is 4.48. The maximum Gasteiger partial charge on any atom is 0.363 e. The lowest BCUT2D eigenvalue weighted by atomic mass is 10.1. The highest BCUT2D eigenvalue weighted by Crippen LogP contribution is 2.37. The molecule has 0 aliphatic carbocycles. The van der Waals surface area contributed by atoms with Gasteiger partial charge in [0.25, 0.3) is 0 Å². The minimum atomic E-state index is -0.614. The lowest BCUT2D eigenvalue weighted by molar-refractivity contribution is -0.129. The molecule has 0 spiro atoms. The molecule has 0 saturated heterocycles. The van der Waals surface area contributed by atoms with E-state index in [0.717, 1.165) is 5.57 Å². The van der Waals surface area contributed by atoms with Gasteiger partial charge in [0.1, 0.15) is 12.4 Å². The first-order valence-electron chi connectivity index (χ1n) is 8.30. The molecule has 0 bridgehead atoms. The molecular weight excluding hydrogens is 429 g/mol. The predicted molar refractivity (Wildman–Crippen MR) is 108 cm³/mol. The van der Waals surface area contributed by atoms with E-state index in [9.17, 15) is 9.18 Å². The molecule has 2 aromatic rings. The van der Waals surface area contributed by atoms with E-state index in [4.69, 9.17) is 14.2 Å². The number of esters is 1. The molecule has 0 saturated carbocycles. The van der Waals surface area contributed by atoms with E-state index in [-0.39, 0.29) is 11.6 Å². The molecule has 28 heavy (non-hydrogen) atoms. The summed E-state index contributed by atoms with van der Waals surface area (Å²) in [6.07, 6.45) is 1.56. The van der Waals surface area contributed by atoms with Crippen LogP contribution in [0.15, 0.2) is 63.7 Å². The summed E-state index contributed by atoms with van der Waals surface area (Å²) in [6.45, 7) is 6.02. The maximum atomic E-state index is 13.4. The average Bonchev–Trinajstić information content (AvgIpc) is 3.01. The summed E-state index contributed by atoms with van der Waals surface area (Å²) in [5, 5.41) is 0. The quantitative estimate of drug-likeness (QED) is 0.360. The molecule has 0 fully saturated rings. The zero-order chi connectivity index (χ0) is 20.3. The standard InChI is InChI=1S/C21H17BrFNO4/c1-12(2)11-27-19-16(22)7-13(9-18(19)26-3)8-17-21(25)28-20(24-17)14-5-4-6-15(23)10-14/h4-10H,1,11H2,2-3H3/b17-8-. The first-order chi connectivity index (χ1) is 13.4. The molecule has 0 radical (unpaired) electrons. The van der Waals surface area contributed by atoms with Crippen LogP contribution in [-0.4, -0.2) is 25.6 Å². The number of rotatable bonds is 6. The predicted octanol–water partition coefficient (Wildman–Crippen LogP) is 4.90. The van der Waals surface area contributed by atoms with E-state index in [1.54, 1.807) is 24.3 Å². The summed E-state index contributed by atoms with van der Waals surface area (Å²) in [4.78, 5) is 16.3. The van der Waals surface area contributed by atoms with Gasteiger partial charge >= 0.3 is 5.97 Å². The summed E-state index contributed by atoms with van der Waals surface area (Å²) in [7, 11) is 1.52. The largest absolute Gasteiger partial charge is 0.493 e. The van der Waals surface area contributed by atoms with Crippen molar-refractivity contribution in [3.8, 4) is 11.5 Å². The van der Waals surface area contributed by atoms with Gasteiger partial charge in [0, 0.05) is 5.56 Å². The van der Waals surface area contributed by atoms with Crippen molar-refractivity contribution < 1.29 is 23.4 Å². The van der Waals surface area contributed by atoms with Crippen LogP contribution in [0.5, 0.6) is 11.5 Å². The van der Waals surface area contributed by atoms with E-state index in [1.165, 1.54) is 25.3 Å². The van der Waals surface area contributed by atoms with Crippen LogP contribution in [-0.2, 0) is 9.53 Å². The van der Waals surface area contributed by atoms with E-state index in [1.807, 2.05) is 6.92 Å². The van der Waals surface area contributed by atoms with Gasteiger partial charge in [-0.25, -0.2) is 14.2 Å². The fourth-order valence-corrected chi connectivity index (χ4v) is 3.04. The van der Waals surface area contributed by atoms with E-state index >= 15 is 0 Å². The average molecular weight is 446 g/mol. The summed E-state index contributed by atoms with van der Waals surface area (Å²) in [5.74, 6) is 0.0293. The number of carbonyl (C=O) groups is 1. The summed E-state index contributed by atoms with van der Waals surface area (Å²) in [6, 6.07) is 9.18. The molecular formula is C21H17BrFNO4. The molecule has 2 aromatic carbocycles. The molecule has 0 unspecified atom stereocenters. The number of benzene rings is 2. The van der Waals surface area contributed by atoms with Crippen LogP contribution in [0.25, 0.3) is 6.08 Å². The second kappa shape index (κ2) is 8.39. The molecule has 0 atom stereocenters.